The van der Waals surface area contributed by atoms with Crippen LogP contribution in [0.1, 0.15) is 10.4 Å². The molecule has 0 radical (unpaired) electrons. The highest BCUT2D eigenvalue weighted by atomic mass is 19.3. The van der Waals surface area contributed by atoms with Crippen LogP contribution in [-0.4, -0.2) is 18.9 Å². The molecule has 0 saturated carbocycles. The third-order valence-corrected chi connectivity index (χ3v) is 1.73. The summed E-state index contributed by atoms with van der Waals surface area (Å²) in [6, 6.07) is 6.15. The van der Waals surface area contributed by atoms with Crippen LogP contribution in [0.15, 0.2) is 24.3 Å². The highest BCUT2D eigenvalue weighted by Gasteiger charge is 2.08. The Hall–Kier alpha value is -1.69. The second-order valence-corrected chi connectivity index (χ2v) is 2.82. The summed E-state index contributed by atoms with van der Waals surface area (Å²) in [6.45, 7) is -0.643. The fourth-order valence-electron chi connectivity index (χ4n) is 0.990. The van der Waals surface area contributed by atoms with E-state index in [0.717, 1.165) is 0 Å². The fourth-order valence-corrected chi connectivity index (χ4v) is 0.990. The number of halogens is 2. The maximum atomic E-state index is 11.8. The SMILES string of the molecule is NNc1ccc(C(=O)NCC(F)F)cc1. The number of hydrogen-bond acceptors (Lipinski definition) is 3. The number of nitrogen functional groups attached to an aromatic ring is 1. The summed E-state index contributed by atoms with van der Waals surface area (Å²) < 4.78 is 23.6. The lowest BCUT2D eigenvalue weighted by molar-refractivity contribution is 0.0891. The third-order valence-electron chi connectivity index (χ3n) is 1.73. The van der Waals surface area contributed by atoms with Gasteiger partial charge in [0, 0.05) is 11.3 Å². The molecule has 15 heavy (non-hydrogen) atoms. The molecular weight excluding hydrogens is 204 g/mol. The van der Waals surface area contributed by atoms with E-state index in [1.807, 2.05) is 0 Å². The van der Waals surface area contributed by atoms with E-state index in [4.69, 9.17) is 5.84 Å². The Morgan fingerprint density at radius 1 is 1.33 bits per heavy atom. The van der Waals surface area contributed by atoms with Crippen molar-refractivity contribution >= 4 is 11.6 Å². The summed E-state index contributed by atoms with van der Waals surface area (Å²) in [5.74, 6) is 4.60. The number of benzene rings is 1. The summed E-state index contributed by atoms with van der Waals surface area (Å²) >= 11 is 0. The molecule has 0 aromatic heterocycles. The minimum atomic E-state index is -2.54. The zero-order chi connectivity index (χ0) is 11.3. The Bertz CT molecular complexity index is 327. The highest BCUT2D eigenvalue weighted by Crippen LogP contribution is 2.07. The predicted octanol–water partition coefficient (Wildman–Crippen LogP) is 0.967. The molecule has 0 aliphatic rings. The van der Waals surface area contributed by atoms with E-state index < -0.39 is 18.9 Å². The van der Waals surface area contributed by atoms with Gasteiger partial charge >= 0.3 is 0 Å². The van der Waals surface area contributed by atoms with Crippen molar-refractivity contribution in [2.24, 2.45) is 5.84 Å². The summed E-state index contributed by atoms with van der Waals surface area (Å²) in [7, 11) is 0. The molecule has 4 nitrogen and oxygen atoms in total. The van der Waals surface area contributed by atoms with Gasteiger partial charge in [-0.1, -0.05) is 0 Å². The lowest BCUT2D eigenvalue weighted by Gasteiger charge is -2.05. The number of rotatable bonds is 4. The van der Waals surface area contributed by atoms with E-state index in [9.17, 15) is 13.6 Å². The minimum Gasteiger partial charge on any atom is -0.346 e. The van der Waals surface area contributed by atoms with Crippen molar-refractivity contribution in [1.29, 1.82) is 0 Å². The predicted molar refractivity (Wildman–Crippen MR) is 52.6 cm³/mol. The van der Waals surface area contributed by atoms with E-state index in [1.165, 1.54) is 12.1 Å². The molecule has 0 bridgehead atoms. The molecule has 0 saturated heterocycles. The van der Waals surface area contributed by atoms with Gasteiger partial charge in [-0.3, -0.25) is 10.6 Å². The first-order chi connectivity index (χ1) is 7.13. The van der Waals surface area contributed by atoms with E-state index in [2.05, 4.69) is 10.7 Å². The van der Waals surface area contributed by atoms with Crippen LogP contribution in [0.2, 0.25) is 0 Å². The number of anilines is 1. The Labute approximate surface area is 85.4 Å². The Morgan fingerprint density at radius 2 is 1.93 bits per heavy atom. The van der Waals surface area contributed by atoms with E-state index in [1.54, 1.807) is 12.1 Å². The van der Waals surface area contributed by atoms with Crippen molar-refractivity contribution < 1.29 is 13.6 Å². The van der Waals surface area contributed by atoms with Crippen LogP contribution in [0.25, 0.3) is 0 Å². The van der Waals surface area contributed by atoms with Crippen molar-refractivity contribution in [2.75, 3.05) is 12.0 Å². The maximum Gasteiger partial charge on any atom is 0.255 e. The molecule has 0 aliphatic carbocycles. The Kier molecular flexibility index (Phi) is 3.99. The number of amides is 1. The molecule has 0 spiro atoms. The maximum absolute atomic E-state index is 11.8. The summed E-state index contributed by atoms with van der Waals surface area (Å²) in [6.07, 6.45) is -2.54. The lowest BCUT2D eigenvalue weighted by Crippen LogP contribution is -2.28. The Morgan fingerprint density at radius 3 is 2.40 bits per heavy atom. The van der Waals surface area contributed by atoms with Crippen LogP contribution in [0, 0.1) is 0 Å². The first kappa shape index (κ1) is 11.4. The van der Waals surface area contributed by atoms with Crippen molar-refractivity contribution in [3.8, 4) is 0 Å². The van der Waals surface area contributed by atoms with Crippen LogP contribution in [0.3, 0.4) is 0 Å². The van der Waals surface area contributed by atoms with Crippen molar-refractivity contribution in [3.63, 3.8) is 0 Å². The highest BCUT2D eigenvalue weighted by molar-refractivity contribution is 5.94. The third kappa shape index (κ3) is 3.51. The smallest absolute Gasteiger partial charge is 0.255 e. The van der Waals surface area contributed by atoms with Crippen LogP contribution in [-0.2, 0) is 0 Å². The van der Waals surface area contributed by atoms with Crippen molar-refractivity contribution in [2.45, 2.75) is 6.43 Å². The van der Waals surface area contributed by atoms with Gasteiger partial charge in [-0.15, -0.1) is 0 Å². The first-order valence-corrected chi connectivity index (χ1v) is 4.26. The second kappa shape index (κ2) is 5.26. The number of hydrazine groups is 1. The molecule has 1 aromatic rings. The molecule has 1 aromatic carbocycles. The van der Waals surface area contributed by atoms with Gasteiger partial charge in [-0.25, -0.2) is 8.78 Å². The monoisotopic (exact) mass is 215 g/mol. The van der Waals surface area contributed by atoms with Crippen molar-refractivity contribution in [1.82, 2.24) is 5.32 Å². The normalized spacial score (nSPS) is 10.1. The van der Waals surface area contributed by atoms with Gasteiger partial charge in [-0.05, 0) is 24.3 Å². The average Bonchev–Trinajstić information content (AvgIpc) is 2.26. The van der Waals surface area contributed by atoms with Gasteiger partial charge < -0.3 is 10.7 Å². The molecule has 0 fully saturated rings. The van der Waals surface area contributed by atoms with E-state index in [-0.39, 0.29) is 0 Å². The molecule has 82 valence electrons. The molecule has 6 heteroatoms. The number of alkyl halides is 2. The summed E-state index contributed by atoms with van der Waals surface area (Å²) in [5, 5.41) is 2.10. The largest absolute Gasteiger partial charge is 0.346 e. The van der Waals surface area contributed by atoms with Crippen LogP contribution in [0.4, 0.5) is 14.5 Å². The van der Waals surface area contributed by atoms with Gasteiger partial charge in [0.25, 0.3) is 12.3 Å². The summed E-state index contributed by atoms with van der Waals surface area (Å²) in [4.78, 5) is 11.3. The van der Waals surface area contributed by atoms with E-state index in [0.29, 0.717) is 11.3 Å². The molecular formula is C9H11F2N3O. The molecule has 0 unspecified atom stereocenters. The molecule has 0 atom stereocenters. The van der Waals surface area contributed by atoms with E-state index >= 15 is 0 Å². The lowest BCUT2D eigenvalue weighted by atomic mass is 10.2. The molecule has 0 aliphatic heterocycles. The quantitative estimate of drug-likeness (QED) is 0.517. The minimum absolute atomic E-state index is 0.314. The zero-order valence-corrected chi connectivity index (χ0v) is 7.84. The molecule has 1 rings (SSSR count). The van der Waals surface area contributed by atoms with Crippen molar-refractivity contribution in [3.05, 3.63) is 29.8 Å². The van der Waals surface area contributed by atoms with Gasteiger partial charge in [0.15, 0.2) is 0 Å². The molecule has 4 N–H and O–H groups in total. The van der Waals surface area contributed by atoms with Gasteiger partial charge in [-0.2, -0.15) is 0 Å². The van der Waals surface area contributed by atoms with Gasteiger partial charge in [0.1, 0.15) is 0 Å². The van der Waals surface area contributed by atoms with Crippen LogP contribution in [0.5, 0.6) is 0 Å². The summed E-state index contributed by atoms with van der Waals surface area (Å²) in [5.41, 5.74) is 3.35. The zero-order valence-electron chi connectivity index (χ0n) is 7.84. The number of carbonyl (C=O) groups is 1. The number of carbonyl (C=O) groups excluding carboxylic acids is 1. The fraction of sp³-hybridized carbons (Fsp3) is 0.222. The number of nitrogens with two attached hydrogens (primary N) is 1. The Balaban J connectivity index is 2.58. The van der Waals surface area contributed by atoms with Crippen LogP contribution < -0.4 is 16.6 Å². The van der Waals surface area contributed by atoms with Gasteiger partial charge in [0.05, 0.1) is 6.54 Å². The number of hydrogen-bond donors (Lipinski definition) is 3. The molecule has 1 amide bonds. The van der Waals surface area contributed by atoms with Crippen LogP contribution >= 0.6 is 0 Å². The number of nitrogens with one attached hydrogen (secondary N) is 2. The second-order valence-electron chi connectivity index (χ2n) is 2.82. The van der Waals surface area contributed by atoms with Gasteiger partial charge in [0.2, 0.25) is 0 Å². The first-order valence-electron chi connectivity index (χ1n) is 4.26. The standard InChI is InChI=1S/C9H11F2N3O/c10-8(11)5-13-9(15)6-1-3-7(14-12)4-2-6/h1-4,8,14H,5,12H2,(H,13,15). The average molecular weight is 215 g/mol. The topological polar surface area (TPSA) is 67.1 Å². The molecule has 0 heterocycles.